The number of likely N-dealkylation sites (tertiary alicyclic amines) is 1. The van der Waals surface area contributed by atoms with Crippen molar-refractivity contribution in [1.82, 2.24) is 14.5 Å². The van der Waals surface area contributed by atoms with Gasteiger partial charge in [-0.15, -0.1) is 0 Å². The summed E-state index contributed by atoms with van der Waals surface area (Å²) in [6.45, 7) is 1.22. The van der Waals surface area contributed by atoms with Gasteiger partial charge in [-0.3, -0.25) is 4.79 Å². The molecule has 1 aliphatic heterocycles. The quantitative estimate of drug-likeness (QED) is 0.693. The van der Waals surface area contributed by atoms with Crippen LogP contribution < -0.4 is 4.74 Å². The van der Waals surface area contributed by atoms with Crippen LogP contribution in [0.1, 0.15) is 23.2 Å². The molecule has 0 unspecified atom stereocenters. The Kier molecular flexibility index (Phi) is 5.00. The van der Waals surface area contributed by atoms with Crippen LogP contribution in [0.15, 0.2) is 42.6 Å². The van der Waals surface area contributed by atoms with E-state index in [1.54, 1.807) is 42.0 Å². The smallest absolute Gasteiger partial charge is 0.253 e. The van der Waals surface area contributed by atoms with E-state index in [0.29, 0.717) is 30.1 Å². The fourth-order valence-corrected chi connectivity index (χ4v) is 3.71. The molecule has 1 aliphatic rings. The minimum absolute atomic E-state index is 0.163. The lowest BCUT2D eigenvalue weighted by Crippen LogP contribution is -2.40. The number of rotatable bonds is 4. The lowest BCUT2D eigenvalue weighted by molar-refractivity contribution is 0.0350. The van der Waals surface area contributed by atoms with Crippen molar-refractivity contribution in [2.75, 3.05) is 27.3 Å². The highest BCUT2D eigenvalue weighted by Gasteiger charge is 2.24. The standard InChI is InChI=1S/C21H22FN3O3/c1-27-17-6-8-24(9-7-17)21(26)15-10-14(11-16(22)12-15)18-13-23-25-19(18)4-3-5-20(25)28-2/h3-5,10-13,17H,6-9H2,1-2H3. The molecular weight excluding hydrogens is 361 g/mol. The zero-order valence-corrected chi connectivity index (χ0v) is 15.9. The molecule has 3 aromatic rings. The summed E-state index contributed by atoms with van der Waals surface area (Å²) in [6.07, 6.45) is 3.42. The molecule has 1 aromatic carbocycles. The molecule has 0 bridgehead atoms. The van der Waals surface area contributed by atoms with Crippen molar-refractivity contribution in [1.29, 1.82) is 0 Å². The summed E-state index contributed by atoms with van der Waals surface area (Å²) >= 11 is 0. The summed E-state index contributed by atoms with van der Waals surface area (Å²) in [4.78, 5) is 14.7. The van der Waals surface area contributed by atoms with Crippen LogP contribution in [0.5, 0.6) is 5.88 Å². The van der Waals surface area contributed by atoms with Crippen LogP contribution in [0.4, 0.5) is 4.39 Å². The SMILES string of the molecule is COc1cccc2c(-c3cc(F)cc(C(=O)N4CCC(OC)CC4)c3)cnn12. The normalized spacial score (nSPS) is 15.2. The van der Waals surface area contributed by atoms with Gasteiger partial charge in [0.15, 0.2) is 0 Å². The molecule has 0 radical (unpaired) electrons. The second-order valence-electron chi connectivity index (χ2n) is 6.88. The van der Waals surface area contributed by atoms with Gasteiger partial charge in [0.25, 0.3) is 5.91 Å². The predicted octanol–water partition coefficient (Wildman–Crippen LogP) is 3.40. The number of aromatic nitrogens is 2. The van der Waals surface area contributed by atoms with Crippen LogP contribution in [0, 0.1) is 5.82 Å². The number of halogens is 1. The van der Waals surface area contributed by atoms with Crippen molar-refractivity contribution < 1.29 is 18.7 Å². The molecule has 0 saturated carbocycles. The van der Waals surface area contributed by atoms with E-state index in [1.165, 1.54) is 12.1 Å². The van der Waals surface area contributed by atoms with E-state index in [1.807, 2.05) is 12.1 Å². The number of amides is 1. The molecule has 1 fully saturated rings. The van der Waals surface area contributed by atoms with Crippen molar-refractivity contribution >= 4 is 11.4 Å². The summed E-state index contributed by atoms with van der Waals surface area (Å²) in [6, 6.07) is 9.97. The molecule has 0 spiro atoms. The van der Waals surface area contributed by atoms with Crippen LogP contribution in [0.2, 0.25) is 0 Å². The maximum absolute atomic E-state index is 14.4. The Bertz CT molecular complexity index is 1010. The number of nitrogens with zero attached hydrogens (tertiary/aromatic N) is 3. The van der Waals surface area contributed by atoms with Crippen LogP contribution in [-0.4, -0.2) is 53.8 Å². The number of hydrogen-bond donors (Lipinski definition) is 0. The van der Waals surface area contributed by atoms with Crippen molar-refractivity contribution in [3.8, 4) is 17.0 Å². The Morgan fingerprint density at radius 1 is 1.18 bits per heavy atom. The molecule has 146 valence electrons. The molecule has 4 rings (SSSR count). The van der Waals surface area contributed by atoms with Crippen LogP contribution in [0.3, 0.4) is 0 Å². The van der Waals surface area contributed by atoms with Gasteiger partial charge in [-0.2, -0.15) is 5.10 Å². The third-order valence-electron chi connectivity index (χ3n) is 5.24. The van der Waals surface area contributed by atoms with E-state index in [-0.39, 0.29) is 12.0 Å². The van der Waals surface area contributed by atoms with Gasteiger partial charge in [0, 0.05) is 37.4 Å². The second kappa shape index (κ2) is 7.59. The molecule has 7 heteroatoms. The highest BCUT2D eigenvalue weighted by Crippen LogP contribution is 2.29. The van der Waals surface area contributed by atoms with Gasteiger partial charge in [-0.05, 0) is 42.7 Å². The largest absolute Gasteiger partial charge is 0.481 e. The summed E-state index contributed by atoms with van der Waals surface area (Å²) in [5.41, 5.74) is 2.47. The maximum atomic E-state index is 14.4. The number of pyridine rings is 1. The molecule has 28 heavy (non-hydrogen) atoms. The van der Waals surface area contributed by atoms with Crippen molar-refractivity contribution in [3.63, 3.8) is 0 Å². The van der Waals surface area contributed by atoms with Gasteiger partial charge in [-0.25, -0.2) is 8.91 Å². The summed E-state index contributed by atoms with van der Waals surface area (Å²) < 4.78 is 26.7. The molecule has 0 N–H and O–H groups in total. The lowest BCUT2D eigenvalue weighted by Gasteiger charge is -2.31. The van der Waals surface area contributed by atoms with Crippen LogP contribution in [-0.2, 0) is 4.74 Å². The van der Waals surface area contributed by atoms with E-state index in [4.69, 9.17) is 9.47 Å². The highest BCUT2D eigenvalue weighted by atomic mass is 19.1. The number of carbonyl (C=O) groups is 1. The molecule has 6 nitrogen and oxygen atoms in total. The fourth-order valence-electron chi connectivity index (χ4n) is 3.71. The number of benzene rings is 1. The van der Waals surface area contributed by atoms with Gasteiger partial charge < -0.3 is 14.4 Å². The van der Waals surface area contributed by atoms with Gasteiger partial charge in [0.2, 0.25) is 5.88 Å². The van der Waals surface area contributed by atoms with Gasteiger partial charge in [0.05, 0.1) is 24.9 Å². The van der Waals surface area contributed by atoms with E-state index >= 15 is 0 Å². The first kappa shape index (κ1) is 18.4. The zero-order valence-electron chi connectivity index (χ0n) is 15.9. The molecular formula is C21H22FN3O3. The third kappa shape index (κ3) is 3.33. The first-order chi connectivity index (χ1) is 13.6. The average molecular weight is 383 g/mol. The molecule has 3 heterocycles. The topological polar surface area (TPSA) is 56.1 Å². The summed E-state index contributed by atoms with van der Waals surface area (Å²) in [7, 11) is 3.26. The van der Waals surface area contributed by atoms with E-state index in [0.717, 1.165) is 23.9 Å². The minimum atomic E-state index is -0.449. The number of hydrogen-bond acceptors (Lipinski definition) is 4. The molecule has 2 aromatic heterocycles. The second-order valence-corrected chi connectivity index (χ2v) is 6.88. The first-order valence-corrected chi connectivity index (χ1v) is 9.24. The van der Waals surface area contributed by atoms with E-state index < -0.39 is 5.82 Å². The number of piperidine rings is 1. The fraction of sp³-hybridized carbons (Fsp3) is 0.333. The predicted molar refractivity (Wildman–Crippen MR) is 103 cm³/mol. The van der Waals surface area contributed by atoms with Crippen LogP contribution in [0.25, 0.3) is 16.6 Å². The van der Waals surface area contributed by atoms with Gasteiger partial charge in [0.1, 0.15) is 5.82 Å². The van der Waals surface area contributed by atoms with Crippen LogP contribution >= 0.6 is 0 Å². The molecule has 1 amide bonds. The maximum Gasteiger partial charge on any atom is 0.253 e. The number of carbonyl (C=O) groups excluding carboxylic acids is 1. The Morgan fingerprint density at radius 3 is 2.68 bits per heavy atom. The number of ether oxygens (including phenoxy) is 2. The van der Waals surface area contributed by atoms with Crippen molar-refractivity contribution in [2.24, 2.45) is 0 Å². The molecule has 0 atom stereocenters. The number of fused-ring (bicyclic) bond motifs is 1. The minimum Gasteiger partial charge on any atom is -0.481 e. The zero-order chi connectivity index (χ0) is 19.7. The van der Waals surface area contributed by atoms with Crippen molar-refractivity contribution in [2.45, 2.75) is 18.9 Å². The Morgan fingerprint density at radius 2 is 1.96 bits per heavy atom. The summed E-state index contributed by atoms with van der Waals surface area (Å²) in [5, 5.41) is 4.34. The third-order valence-corrected chi connectivity index (χ3v) is 5.24. The highest BCUT2D eigenvalue weighted by molar-refractivity contribution is 5.96. The van der Waals surface area contributed by atoms with E-state index in [2.05, 4.69) is 5.10 Å². The molecule has 0 aliphatic carbocycles. The van der Waals surface area contributed by atoms with Gasteiger partial charge >= 0.3 is 0 Å². The summed E-state index contributed by atoms with van der Waals surface area (Å²) in [5.74, 6) is -0.0308. The van der Waals surface area contributed by atoms with E-state index in [9.17, 15) is 9.18 Å². The van der Waals surface area contributed by atoms with Crippen molar-refractivity contribution in [3.05, 3.63) is 54.0 Å². The number of methoxy groups -OCH3 is 2. The lowest BCUT2D eigenvalue weighted by atomic mass is 10.0. The van der Waals surface area contributed by atoms with Gasteiger partial charge in [-0.1, -0.05) is 6.07 Å². The molecule has 1 saturated heterocycles. The Balaban J connectivity index is 1.68. The first-order valence-electron chi connectivity index (χ1n) is 9.24. The Hall–Kier alpha value is -2.93. The average Bonchev–Trinajstić information content (AvgIpc) is 3.17. The Labute approximate surface area is 162 Å². The monoisotopic (exact) mass is 383 g/mol.